The van der Waals surface area contributed by atoms with Crippen LogP contribution in [-0.2, 0) is 6.42 Å². The van der Waals surface area contributed by atoms with Crippen molar-refractivity contribution in [3.63, 3.8) is 0 Å². The smallest absolute Gasteiger partial charge is 0.119 e. The number of hydrogen-bond donors (Lipinski definition) is 1. The Labute approximate surface area is 164 Å². The summed E-state index contributed by atoms with van der Waals surface area (Å²) in [5, 5.41) is 3.67. The maximum atomic E-state index is 6.01. The summed E-state index contributed by atoms with van der Waals surface area (Å²) in [4.78, 5) is 2.38. The average molecular weight is 450 g/mol. The van der Waals surface area contributed by atoms with E-state index in [0.29, 0.717) is 0 Å². The molecule has 2 aromatic carbocycles. The molecule has 25 heavy (non-hydrogen) atoms. The molecule has 1 N–H and O–H groups in total. The third-order valence-corrected chi connectivity index (χ3v) is 5.94. The fourth-order valence-corrected chi connectivity index (χ4v) is 4.15. The van der Waals surface area contributed by atoms with Crippen molar-refractivity contribution in [1.29, 1.82) is 0 Å². The van der Waals surface area contributed by atoms with Gasteiger partial charge >= 0.3 is 0 Å². The SMILES string of the molecule is CCN(CC)CCOc1ccc2c(c1)CCNC2c1ccccc1I. The third-order valence-electron chi connectivity index (χ3n) is 4.96. The number of fused-ring (bicyclic) bond motifs is 1. The Kier molecular flexibility index (Phi) is 6.73. The highest BCUT2D eigenvalue weighted by Gasteiger charge is 2.23. The van der Waals surface area contributed by atoms with Crippen molar-refractivity contribution in [2.24, 2.45) is 0 Å². The first-order valence-electron chi connectivity index (χ1n) is 9.18. The number of hydrogen-bond acceptors (Lipinski definition) is 3. The molecule has 3 rings (SSSR count). The predicted octanol–water partition coefficient (Wildman–Crippen LogP) is 4.25. The molecular formula is C21H27IN2O. The number of likely N-dealkylation sites (N-methyl/N-ethyl adjacent to an activating group) is 1. The molecule has 1 unspecified atom stereocenters. The molecule has 0 fully saturated rings. The second kappa shape index (κ2) is 9.01. The van der Waals surface area contributed by atoms with Gasteiger partial charge in [-0.15, -0.1) is 0 Å². The van der Waals surface area contributed by atoms with Crippen LogP contribution in [0.25, 0.3) is 0 Å². The summed E-state index contributed by atoms with van der Waals surface area (Å²) in [5.74, 6) is 0.995. The molecule has 1 aliphatic rings. The largest absolute Gasteiger partial charge is 0.492 e. The van der Waals surface area contributed by atoms with Crippen LogP contribution in [0.5, 0.6) is 5.75 Å². The van der Waals surface area contributed by atoms with Crippen LogP contribution in [0.3, 0.4) is 0 Å². The standard InChI is InChI=1S/C21H27IN2O/c1-3-24(4-2)13-14-25-17-9-10-18-16(15-17)11-12-23-21(18)19-7-5-6-8-20(19)22/h5-10,15,21,23H,3-4,11-14H2,1-2H3. The van der Waals surface area contributed by atoms with Crippen LogP contribution in [0.1, 0.15) is 36.6 Å². The van der Waals surface area contributed by atoms with Crippen molar-refractivity contribution >= 4 is 22.6 Å². The lowest BCUT2D eigenvalue weighted by Crippen LogP contribution is -2.31. The van der Waals surface area contributed by atoms with E-state index in [9.17, 15) is 0 Å². The van der Waals surface area contributed by atoms with E-state index in [1.165, 1.54) is 20.3 Å². The van der Waals surface area contributed by atoms with E-state index in [1.807, 2.05) is 0 Å². The van der Waals surface area contributed by atoms with Gasteiger partial charge in [0.1, 0.15) is 12.4 Å². The molecule has 1 heterocycles. The minimum Gasteiger partial charge on any atom is -0.492 e. The number of benzene rings is 2. The van der Waals surface area contributed by atoms with Gasteiger partial charge in [0.15, 0.2) is 0 Å². The summed E-state index contributed by atoms with van der Waals surface area (Å²) >= 11 is 2.43. The number of nitrogens with zero attached hydrogens (tertiary/aromatic N) is 1. The van der Waals surface area contributed by atoms with E-state index in [-0.39, 0.29) is 6.04 Å². The van der Waals surface area contributed by atoms with Gasteiger partial charge in [-0.1, -0.05) is 38.1 Å². The molecule has 3 nitrogen and oxygen atoms in total. The van der Waals surface area contributed by atoms with E-state index in [1.54, 1.807) is 0 Å². The maximum Gasteiger partial charge on any atom is 0.119 e. The summed E-state index contributed by atoms with van der Waals surface area (Å²) < 4.78 is 7.32. The molecule has 0 spiro atoms. The van der Waals surface area contributed by atoms with Gasteiger partial charge in [-0.25, -0.2) is 0 Å². The van der Waals surface area contributed by atoms with Crippen LogP contribution in [-0.4, -0.2) is 37.7 Å². The second-order valence-electron chi connectivity index (χ2n) is 6.39. The molecule has 1 atom stereocenters. The summed E-state index contributed by atoms with van der Waals surface area (Å²) in [7, 11) is 0. The van der Waals surface area contributed by atoms with Gasteiger partial charge < -0.3 is 15.0 Å². The van der Waals surface area contributed by atoms with Crippen molar-refractivity contribution in [3.8, 4) is 5.75 Å². The molecule has 1 aliphatic heterocycles. The zero-order valence-electron chi connectivity index (χ0n) is 15.1. The highest BCUT2D eigenvalue weighted by Crippen LogP contribution is 2.33. The van der Waals surface area contributed by atoms with Crippen LogP contribution in [0.4, 0.5) is 0 Å². The molecule has 0 aliphatic carbocycles. The van der Waals surface area contributed by atoms with E-state index in [4.69, 9.17) is 4.74 Å². The number of halogens is 1. The molecule has 0 amide bonds. The minimum atomic E-state index is 0.279. The van der Waals surface area contributed by atoms with Crippen LogP contribution in [0.2, 0.25) is 0 Å². The average Bonchev–Trinajstić information content (AvgIpc) is 2.65. The lowest BCUT2D eigenvalue weighted by Gasteiger charge is -2.28. The first-order valence-corrected chi connectivity index (χ1v) is 10.3. The van der Waals surface area contributed by atoms with Crippen molar-refractivity contribution in [1.82, 2.24) is 10.2 Å². The van der Waals surface area contributed by atoms with Gasteiger partial charge in [0.05, 0.1) is 6.04 Å². The number of nitrogens with one attached hydrogen (secondary N) is 1. The van der Waals surface area contributed by atoms with Crippen molar-refractivity contribution in [2.75, 3.05) is 32.8 Å². The minimum absolute atomic E-state index is 0.279. The lowest BCUT2D eigenvalue weighted by molar-refractivity contribution is 0.222. The van der Waals surface area contributed by atoms with E-state index in [2.05, 4.69) is 89.1 Å². The Balaban J connectivity index is 1.73. The van der Waals surface area contributed by atoms with Crippen LogP contribution in [0.15, 0.2) is 42.5 Å². The summed E-state index contributed by atoms with van der Waals surface area (Å²) in [6.07, 6.45) is 1.06. The fraction of sp³-hybridized carbons (Fsp3) is 0.429. The predicted molar refractivity (Wildman–Crippen MR) is 112 cm³/mol. The highest BCUT2D eigenvalue weighted by molar-refractivity contribution is 14.1. The number of ether oxygens (including phenoxy) is 1. The van der Waals surface area contributed by atoms with Crippen molar-refractivity contribution in [3.05, 3.63) is 62.7 Å². The Morgan fingerprint density at radius 2 is 1.92 bits per heavy atom. The Morgan fingerprint density at radius 1 is 1.12 bits per heavy atom. The van der Waals surface area contributed by atoms with E-state index in [0.717, 1.165) is 45.0 Å². The molecule has 0 saturated heterocycles. The van der Waals surface area contributed by atoms with Crippen LogP contribution < -0.4 is 10.1 Å². The highest BCUT2D eigenvalue weighted by atomic mass is 127. The summed E-state index contributed by atoms with van der Waals surface area (Å²) in [6.45, 7) is 9.28. The molecule has 4 heteroatoms. The zero-order valence-corrected chi connectivity index (χ0v) is 17.3. The topological polar surface area (TPSA) is 24.5 Å². The van der Waals surface area contributed by atoms with Crippen molar-refractivity contribution < 1.29 is 4.74 Å². The Bertz CT molecular complexity index is 700. The fourth-order valence-electron chi connectivity index (χ4n) is 3.45. The Hall–Kier alpha value is -1.11. The van der Waals surface area contributed by atoms with Crippen LogP contribution in [0, 0.1) is 3.57 Å². The van der Waals surface area contributed by atoms with Gasteiger partial charge in [-0.3, -0.25) is 0 Å². The quantitative estimate of drug-likeness (QED) is 0.639. The van der Waals surface area contributed by atoms with E-state index < -0.39 is 0 Å². The van der Waals surface area contributed by atoms with Crippen LogP contribution >= 0.6 is 22.6 Å². The second-order valence-corrected chi connectivity index (χ2v) is 7.56. The molecule has 0 aromatic heterocycles. The molecule has 0 saturated carbocycles. The molecule has 0 radical (unpaired) electrons. The van der Waals surface area contributed by atoms with Gasteiger partial charge in [0.25, 0.3) is 0 Å². The summed E-state index contributed by atoms with van der Waals surface area (Å²) in [5.41, 5.74) is 4.15. The molecule has 134 valence electrons. The lowest BCUT2D eigenvalue weighted by atomic mass is 9.90. The van der Waals surface area contributed by atoms with Crippen molar-refractivity contribution in [2.45, 2.75) is 26.3 Å². The van der Waals surface area contributed by atoms with Gasteiger partial charge in [0.2, 0.25) is 0 Å². The number of rotatable bonds is 7. The molecular weight excluding hydrogens is 423 g/mol. The zero-order chi connectivity index (χ0) is 17.6. The third kappa shape index (κ3) is 4.54. The monoisotopic (exact) mass is 450 g/mol. The van der Waals surface area contributed by atoms with E-state index >= 15 is 0 Å². The van der Waals surface area contributed by atoms with Gasteiger partial charge in [-0.2, -0.15) is 0 Å². The summed E-state index contributed by atoms with van der Waals surface area (Å²) in [6, 6.07) is 15.5. The normalized spacial score (nSPS) is 16.7. The first-order chi connectivity index (χ1) is 12.2. The van der Waals surface area contributed by atoms with Gasteiger partial charge in [0, 0.05) is 16.7 Å². The molecule has 2 aromatic rings. The molecule has 0 bridgehead atoms. The first kappa shape index (κ1) is 18.7. The van der Waals surface area contributed by atoms with Gasteiger partial charge in [-0.05, 0) is 77.0 Å². The Morgan fingerprint density at radius 3 is 2.68 bits per heavy atom. The maximum absolute atomic E-state index is 6.01.